The molecule has 0 spiro atoms. The first-order valence-electron chi connectivity index (χ1n) is 12.7. The van der Waals surface area contributed by atoms with Gasteiger partial charge in [0.05, 0.1) is 6.10 Å². The van der Waals surface area contributed by atoms with Gasteiger partial charge in [-0.1, -0.05) is 46.0 Å². The van der Waals surface area contributed by atoms with Gasteiger partial charge in [0.2, 0.25) is 0 Å². The maximum absolute atomic E-state index is 10.2. The Morgan fingerprint density at radius 2 is 1.48 bits per heavy atom. The highest BCUT2D eigenvalue weighted by Crippen LogP contribution is 2.67. The van der Waals surface area contributed by atoms with Crippen molar-refractivity contribution >= 4 is 0 Å². The number of fused-ring (bicyclic) bond motifs is 5. The SMILES string of the molecule is CC12CCC3[C@@H](CCC4CC(O)CCC43C)C1CCC2CCCCC1CC1. The van der Waals surface area contributed by atoms with E-state index in [2.05, 4.69) is 13.8 Å². The van der Waals surface area contributed by atoms with Crippen LogP contribution in [0.5, 0.6) is 0 Å². The van der Waals surface area contributed by atoms with Gasteiger partial charge in [-0.05, 0) is 111 Å². The molecule has 0 aromatic rings. The Kier molecular flexibility index (Phi) is 4.94. The molecular formula is C26H44O. The van der Waals surface area contributed by atoms with E-state index in [4.69, 9.17) is 0 Å². The van der Waals surface area contributed by atoms with E-state index in [-0.39, 0.29) is 6.10 Å². The lowest BCUT2D eigenvalue weighted by Gasteiger charge is -2.61. The molecule has 0 radical (unpaired) electrons. The van der Waals surface area contributed by atoms with Crippen LogP contribution in [0.3, 0.4) is 0 Å². The maximum atomic E-state index is 10.2. The Labute approximate surface area is 168 Å². The number of hydrogen-bond acceptors (Lipinski definition) is 1. The monoisotopic (exact) mass is 372 g/mol. The highest BCUT2D eigenvalue weighted by molar-refractivity contribution is 5.09. The van der Waals surface area contributed by atoms with E-state index in [1.54, 1.807) is 0 Å². The molecule has 154 valence electrons. The number of aliphatic hydroxyl groups excluding tert-OH is 1. The first-order chi connectivity index (χ1) is 13.0. The number of aliphatic hydroxyl groups is 1. The van der Waals surface area contributed by atoms with Crippen molar-refractivity contribution in [3.05, 3.63) is 0 Å². The van der Waals surface area contributed by atoms with Crippen molar-refractivity contribution in [1.82, 2.24) is 0 Å². The molecule has 5 aliphatic rings. The summed E-state index contributed by atoms with van der Waals surface area (Å²) >= 11 is 0. The molecule has 27 heavy (non-hydrogen) atoms. The van der Waals surface area contributed by atoms with Crippen LogP contribution in [-0.4, -0.2) is 11.2 Å². The van der Waals surface area contributed by atoms with E-state index in [0.717, 1.165) is 48.3 Å². The van der Waals surface area contributed by atoms with Gasteiger partial charge in [-0.2, -0.15) is 0 Å². The summed E-state index contributed by atoms with van der Waals surface area (Å²) in [5.41, 5.74) is 1.21. The quantitative estimate of drug-likeness (QED) is 0.516. The van der Waals surface area contributed by atoms with Crippen molar-refractivity contribution in [1.29, 1.82) is 0 Å². The summed E-state index contributed by atoms with van der Waals surface area (Å²) in [6.07, 6.45) is 21.6. The normalized spacial score (nSPS) is 52.1. The fourth-order valence-corrected chi connectivity index (χ4v) is 9.05. The predicted molar refractivity (Wildman–Crippen MR) is 112 cm³/mol. The van der Waals surface area contributed by atoms with Crippen LogP contribution in [0, 0.1) is 46.3 Å². The van der Waals surface area contributed by atoms with Crippen LogP contribution in [0.25, 0.3) is 0 Å². The van der Waals surface area contributed by atoms with Gasteiger partial charge >= 0.3 is 0 Å². The van der Waals surface area contributed by atoms with Gasteiger partial charge in [-0.25, -0.2) is 0 Å². The molecule has 5 aliphatic carbocycles. The average Bonchev–Trinajstić information content (AvgIpc) is 3.41. The van der Waals surface area contributed by atoms with Crippen molar-refractivity contribution < 1.29 is 5.11 Å². The molecule has 0 aromatic carbocycles. The molecule has 7 unspecified atom stereocenters. The molecule has 1 nitrogen and oxygen atoms in total. The molecule has 0 aromatic heterocycles. The molecule has 0 bridgehead atoms. The molecule has 0 amide bonds. The van der Waals surface area contributed by atoms with Gasteiger partial charge in [0.1, 0.15) is 0 Å². The summed E-state index contributed by atoms with van der Waals surface area (Å²) < 4.78 is 0. The zero-order valence-electron chi connectivity index (χ0n) is 18.1. The molecule has 0 saturated heterocycles. The van der Waals surface area contributed by atoms with Gasteiger partial charge < -0.3 is 5.11 Å². The second-order valence-electron chi connectivity index (χ2n) is 12.1. The fourth-order valence-electron chi connectivity index (χ4n) is 9.05. The molecule has 0 heterocycles. The van der Waals surface area contributed by atoms with Crippen LogP contribution in [0.2, 0.25) is 0 Å². The van der Waals surface area contributed by atoms with Gasteiger partial charge in [-0.3, -0.25) is 0 Å². The van der Waals surface area contributed by atoms with Crippen LogP contribution in [0.1, 0.15) is 110 Å². The van der Waals surface area contributed by atoms with Crippen molar-refractivity contribution in [2.24, 2.45) is 46.3 Å². The van der Waals surface area contributed by atoms with E-state index in [1.807, 2.05) is 0 Å². The topological polar surface area (TPSA) is 20.2 Å². The van der Waals surface area contributed by atoms with Gasteiger partial charge in [0, 0.05) is 0 Å². The van der Waals surface area contributed by atoms with E-state index >= 15 is 0 Å². The summed E-state index contributed by atoms with van der Waals surface area (Å²) in [5, 5.41) is 10.2. The highest BCUT2D eigenvalue weighted by atomic mass is 16.3. The third-order valence-corrected chi connectivity index (χ3v) is 10.9. The maximum Gasteiger partial charge on any atom is 0.0543 e. The Morgan fingerprint density at radius 1 is 0.741 bits per heavy atom. The minimum Gasteiger partial charge on any atom is -0.393 e. The van der Waals surface area contributed by atoms with Crippen LogP contribution < -0.4 is 0 Å². The van der Waals surface area contributed by atoms with Crippen LogP contribution in [0.15, 0.2) is 0 Å². The second kappa shape index (κ2) is 7.03. The third-order valence-electron chi connectivity index (χ3n) is 10.9. The second-order valence-corrected chi connectivity index (χ2v) is 12.1. The van der Waals surface area contributed by atoms with Gasteiger partial charge in [0.15, 0.2) is 0 Å². The molecule has 0 aliphatic heterocycles. The zero-order chi connectivity index (χ0) is 18.6. The third kappa shape index (κ3) is 3.23. The number of unbranched alkanes of at least 4 members (excludes halogenated alkanes) is 1. The largest absolute Gasteiger partial charge is 0.393 e. The molecule has 8 atom stereocenters. The van der Waals surface area contributed by atoms with E-state index in [1.165, 1.54) is 83.5 Å². The first kappa shape index (κ1) is 19.0. The van der Waals surface area contributed by atoms with Crippen LogP contribution >= 0.6 is 0 Å². The standard InChI is InChI=1S/C26H44O/c1-25-16-14-24-22(11-9-20-17-21(27)13-15-26(20,24)2)23(25)12-10-19(25)6-4-3-5-18-7-8-18/h18-24,27H,3-17H2,1-2H3/t19?,20?,21?,22-,23?,24?,25?,26?/m0/s1. The average molecular weight is 373 g/mol. The van der Waals surface area contributed by atoms with Crippen molar-refractivity contribution in [3.63, 3.8) is 0 Å². The Balaban J connectivity index is 1.25. The van der Waals surface area contributed by atoms with Gasteiger partial charge in [0.25, 0.3) is 0 Å². The summed E-state index contributed by atoms with van der Waals surface area (Å²) in [4.78, 5) is 0. The molecule has 1 heteroatoms. The summed E-state index contributed by atoms with van der Waals surface area (Å²) in [6, 6.07) is 0. The summed E-state index contributed by atoms with van der Waals surface area (Å²) in [5.74, 6) is 5.96. The zero-order valence-corrected chi connectivity index (χ0v) is 18.1. The predicted octanol–water partition coefficient (Wildman–Crippen LogP) is 6.98. The summed E-state index contributed by atoms with van der Waals surface area (Å²) in [7, 11) is 0. The van der Waals surface area contributed by atoms with Crippen LogP contribution in [-0.2, 0) is 0 Å². The molecule has 5 rings (SSSR count). The van der Waals surface area contributed by atoms with E-state index in [0.29, 0.717) is 10.8 Å². The van der Waals surface area contributed by atoms with E-state index < -0.39 is 0 Å². The lowest BCUT2D eigenvalue weighted by molar-refractivity contribution is -0.127. The Hall–Kier alpha value is -0.0400. The minimum atomic E-state index is -0.0000172. The number of rotatable bonds is 5. The van der Waals surface area contributed by atoms with Crippen molar-refractivity contribution in [2.45, 2.75) is 116 Å². The Bertz CT molecular complexity index is 538. The molecule has 1 N–H and O–H groups in total. The minimum absolute atomic E-state index is 0.0000172. The molecule has 5 fully saturated rings. The Morgan fingerprint density at radius 3 is 2.30 bits per heavy atom. The number of hydrogen-bond donors (Lipinski definition) is 1. The van der Waals surface area contributed by atoms with E-state index in [9.17, 15) is 5.11 Å². The van der Waals surface area contributed by atoms with Gasteiger partial charge in [-0.15, -0.1) is 0 Å². The summed E-state index contributed by atoms with van der Waals surface area (Å²) in [6.45, 7) is 5.35. The lowest BCUT2D eigenvalue weighted by atomic mass is 9.44. The fraction of sp³-hybridized carbons (Fsp3) is 1.00. The smallest absolute Gasteiger partial charge is 0.0543 e. The van der Waals surface area contributed by atoms with Crippen molar-refractivity contribution in [2.75, 3.05) is 0 Å². The van der Waals surface area contributed by atoms with Crippen molar-refractivity contribution in [3.8, 4) is 0 Å². The van der Waals surface area contributed by atoms with Crippen LogP contribution in [0.4, 0.5) is 0 Å². The first-order valence-corrected chi connectivity index (χ1v) is 12.7. The molecule has 5 saturated carbocycles. The lowest BCUT2D eigenvalue weighted by Crippen LogP contribution is -2.53. The highest BCUT2D eigenvalue weighted by Gasteiger charge is 2.59. The molecular weight excluding hydrogens is 328 g/mol.